The topological polar surface area (TPSA) is 35.5 Å². The third kappa shape index (κ3) is 10.9. The molecular formula is C12H22O3. The molecule has 0 fully saturated rings. The molecule has 0 N–H and O–H groups in total. The van der Waals surface area contributed by atoms with Crippen molar-refractivity contribution in [1.29, 1.82) is 0 Å². The summed E-state index contributed by atoms with van der Waals surface area (Å²) in [6, 6.07) is 0. The van der Waals surface area contributed by atoms with E-state index in [-0.39, 0.29) is 0 Å². The van der Waals surface area contributed by atoms with Crippen molar-refractivity contribution < 1.29 is 14.3 Å². The summed E-state index contributed by atoms with van der Waals surface area (Å²) in [5, 5.41) is 0. The molecule has 0 aliphatic heterocycles. The molecule has 0 aliphatic rings. The summed E-state index contributed by atoms with van der Waals surface area (Å²) in [7, 11) is 0. The van der Waals surface area contributed by atoms with Crippen molar-refractivity contribution in [2.45, 2.75) is 46.0 Å². The maximum Gasteiger partial charge on any atom is 0.508 e. The van der Waals surface area contributed by atoms with Crippen LogP contribution in [0.3, 0.4) is 0 Å². The van der Waals surface area contributed by atoms with Crippen molar-refractivity contribution in [3.63, 3.8) is 0 Å². The first kappa shape index (κ1) is 14.0. The molecule has 0 radical (unpaired) electrons. The van der Waals surface area contributed by atoms with Crippen LogP contribution in [0.1, 0.15) is 46.0 Å². The van der Waals surface area contributed by atoms with Crippen molar-refractivity contribution in [1.82, 2.24) is 0 Å². The summed E-state index contributed by atoms with van der Waals surface area (Å²) in [6.07, 6.45) is 8.52. The molecule has 0 aliphatic carbocycles. The number of allylic oxidation sites excluding steroid dienone is 2. The van der Waals surface area contributed by atoms with Crippen molar-refractivity contribution in [2.24, 2.45) is 0 Å². The number of hydrogen-bond donors (Lipinski definition) is 0. The summed E-state index contributed by atoms with van der Waals surface area (Å²) < 4.78 is 9.72. The van der Waals surface area contributed by atoms with Gasteiger partial charge in [0.15, 0.2) is 0 Å². The smallest absolute Gasteiger partial charge is 0.434 e. The van der Waals surface area contributed by atoms with Gasteiger partial charge in [0.1, 0.15) is 0 Å². The van der Waals surface area contributed by atoms with Crippen molar-refractivity contribution in [3.8, 4) is 0 Å². The van der Waals surface area contributed by atoms with Crippen molar-refractivity contribution >= 4 is 6.16 Å². The van der Waals surface area contributed by atoms with Gasteiger partial charge in [0, 0.05) is 0 Å². The fourth-order valence-corrected chi connectivity index (χ4v) is 1.03. The first-order valence-electron chi connectivity index (χ1n) is 5.72. The monoisotopic (exact) mass is 214 g/mol. The highest BCUT2D eigenvalue weighted by atomic mass is 16.7. The Labute approximate surface area is 92.5 Å². The normalized spacial score (nSPS) is 10.5. The lowest BCUT2D eigenvalue weighted by molar-refractivity contribution is 0.0534. The second-order valence-corrected chi connectivity index (χ2v) is 3.37. The van der Waals surface area contributed by atoms with E-state index in [1.54, 1.807) is 0 Å². The summed E-state index contributed by atoms with van der Waals surface area (Å²) in [5.41, 5.74) is 0. The highest BCUT2D eigenvalue weighted by molar-refractivity contribution is 5.59. The second-order valence-electron chi connectivity index (χ2n) is 3.37. The van der Waals surface area contributed by atoms with E-state index in [1.807, 2.05) is 13.0 Å². The van der Waals surface area contributed by atoms with Gasteiger partial charge in [-0.25, -0.2) is 4.79 Å². The highest BCUT2D eigenvalue weighted by Gasteiger charge is 2.01. The van der Waals surface area contributed by atoms with E-state index in [9.17, 15) is 4.79 Å². The van der Waals surface area contributed by atoms with Crippen LogP contribution >= 0.6 is 0 Å². The van der Waals surface area contributed by atoms with Crippen LogP contribution in [0.25, 0.3) is 0 Å². The van der Waals surface area contributed by atoms with Crippen LogP contribution in [0.15, 0.2) is 12.2 Å². The molecule has 0 amide bonds. The maximum atomic E-state index is 10.9. The molecule has 0 aromatic carbocycles. The van der Waals surface area contributed by atoms with Crippen LogP contribution in [-0.4, -0.2) is 19.4 Å². The quantitative estimate of drug-likeness (QED) is 0.351. The lowest BCUT2D eigenvalue weighted by Crippen LogP contribution is -2.09. The van der Waals surface area contributed by atoms with Crippen LogP contribution < -0.4 is 0 Å². The van der Waals surface area contributed by atoms with Gasteiger partial charge in [-0.05, 0) is 32.6 Å². The van der Waals surface area contributed by atoms with Crippen LogP contribution in [0.5, 0.6) is 0 Å². The first-order chi connectivity index (χ1) is 7.31. The predicted octanol–water partition coefficient (Wildman–Crippen LogP) is 3.69. The number of rotatable bonds is 8. The summed E-state index contributed by atoms with van der Waals surface area (Å²) in [6.45, 7) is 4.98. The van der Waals surface area contributed by atoms with E-state index < -0.39 is 6.16 Å². The van der Waals surface area contributed by atoms with Gasteiger partial charge in [-0.3, -0.25) is 0 Å². The number of carbonyl (C=O) groups excluding carboxylic acids is 1. The Kier molecular flexibility index (Phi) is 10.4. The molecule has 3 nitrogen and oxygen atoms in total. The fraction of sp³-hybridized carbons (Fsp3) is 0.750. The van der Waals surface area contributed by atoms with Crippen molar-refractivity contribution in [3.05, 3.63) is 12.2 Å². The van der Waals surface area contributed by atoms with E-state index in [0.29, 0.717) is 13.2 Å². The summed E-state index contributed by atoms with van der Waals surface area (Å²) in [4.78, 5) is 10.9. The summed E-state index contributed by atoms with van der Waals surface area (Å²) >= 11 is 0. The highest BCUT2D eigenvalue weighted by Crippen LogP contribution is 1.98. The van der Waals surface area contributed by atoms with Gasteiger partial charge in [-0.2, -0.15) is 0 Å². The Morgan fingerprint density at radius 2 is 1.80 bits per heavy atom. The lowest BCUT2D eigenvalue weighted by Gasteiger charge is -2.04. The molecule has 0 aromatic rings. The van der Waals surface area contributed by atoms with E-state index >= 15 is 0 Å². The average Bonchev–Trinajstić information content (AvgIpc) is 2.23. The predicted molar refractivity (Wildman–Crippen MR) is 60.9 cm³/mol. The van der Waals surface area contributed by atoms with Gasteiger partial charge in [0.2, 0.25) is 0 Å². The van der Waals surface area contributed by atoms with Crippen LogP contribution in [0, 0.1) is 0 Å². The first-order valence-corrected chi connectivity index (χ1v) is 5.72. The molecule has 0 atom stereocenters. The van der Waals surface area contributed by atoms with Gasteiger partial charge < -0.3 is 9.47 Å². The Bertz CT molecular complexity index is 176. The standard InChI is InChI=1S/C12H22O3/c1-3-5-7-8-9-11-15-12(13)14-10-6-4-2/h3,5H,4,6-11H2,1-2H3. The molecule has 0 saturated heterocycles. The molecule has 0 rings (SSSR count). The zero-order valence-corrected chi connectivity index (χ0v) is 9.83. The van der Waals surface area contributed by atoms with Gasteiger partial charge in [-0.1, -0.05) is 25.5 Å². The zero-order valence-electron chi connectivity index (χ0n) is 9.83. The van der Waals surface area contributed by atoms with Crippen LogP contribution in [0.4, 0.5) is 4.79 Å². The average molecular weight is 214 g/mol. The molecule has 3 heteroatoms. The minimum Gasteiger partial charge on any atom is -0.434 e. The number of ether oxygens (including phenoxy) is 2. The zero-order chi connectivity index (χ0) is 11.4. The van der Waals surface area contributed by atoms with Gasteiger partial charge in [-0.15, -0.1) is 0 Å². The third-order valence-corrected chi connectivity index (χ3v) is 1.94. The number of hydrogen-bond acceptors (Lipinski definition) is 3. The largest absolute Gasteiger partial charge is 0.508 e. The van der Waals surface area contributed by atoms with Gasteiger partial charge in [0.25, 0.3) is 0 Å². The molecular weight excluding hydrogens is 192 g/mol. The van der Waals surface area contributed by atoms with E-state index in [4.69, 9.17) is 9.47 Å². The molecule has 0 aromatic heterocycles. The maximum absolute atomic E-state index is 10.9. The van der Waals surface area contributed by atoms with E-state index in [2.05, 4.69) is 13.0 Å². The van der Waals surface area contributed by atoms with Crippen molar-refractivity contribution in [2.75, 3.05) is 13.2 Å². The van der Waals surface area contributed by atoms with Gasteiger partial charge in [0.05, 0.1) is 13.2 Å². The Balaban J connectivity index is 3.16. The second kappa shape index (κ2) is 11.1. The molecule has 15 heavy (non-hydrogen) atoms. The molecule has 0 bridgehead atoms. The minimum atomic E-state index is -0.533. The molecule has 88 valence electrons. The molecule has 0 spiro atoms. The molecule has 0 unspecified atom stereocenters. The fourth-order valence-electron chi connectivity index (χ4n) is 1.03. The minimum absolute atomic E-state index is 0.461. The van der Waals surface area contributed by atoms with E-state index in [0.717, 1.165) is 32.1 Å². The Morgan fingerprint density at radius 1 is 1.13 bits per heavy atom. The van der Waals surface area contributed by atoms with Gasteiger partial charge >= 0.3 is 6.16 Å². The van der Waals surface area contributed by atoms with Crippen LogP contribution in [-0.2, 0) is 9.47 Å². The van der Waals surface area contributed by atoms with Crippen LogP contribution in [0.2, 0.25) is 0 Å². The Morgan fingerprint density at radius 3 is 2.40 bits per heavy atom. The number of unbranched alkanes of at least 4 members (excludes halogenated alkanes) is 3. The summed E-state index contributed by atoms with van der Waals surface area (Å²) in [5.74, 6) is 0. The van der Waals surface area contributed by atoms with E-state index in [1.165, 1.54) is 0 Å². The molecule has 0 heterocycles. The third-order valence-electron chi connectivity index (χ3n) is 1.94. The lowest BCUT2D eigenvalue weighted by atomic mass is 10.2. The number of carbonyl (C=O) groups is 1. The molecule has 0 saturated carbocycles. The SMILES string of the molecule is CC=CCCCCOC(=O)OCCCC. The Hall–Kier alpha value is -0.990.